The molecule has 0 aliphatic heterocycles. The summed E-state index contributed by atoms with van der Waals surface area (Å²) in [6, 6.07) is 0. The maximum atomic E-state index is 10.8. The molecule has 0 heterocycles. The smallest absolute Gasteiger partial charge is 0.335 e. The number of rotatable bonds is 20. The molecule has 2 atom stereocenters. The highest BCUT2D eigenvalue weighted by Crippen LogP contribution is 2.14. The number of carboxylic acid groups (broad SMARTS) is 2. The monoisotopic (exact) mass is 474 g/mol. The molecule has 4 N–H and O–H groups in total. The first kappa shape index (κ1) is 33.2. The van der Waals surface area contributed by atoms with Crippen LogP contribution >= 0.6 is 0 Å². The van der Waals surface area contributed by atoms with E-state index in [1.165, 1.54) is 89.5 Å². The highest BCUT2D eigenvalue weighted by molar-refractivity contribution is 5.83. The van der Waals surface area contributed by atoms with Crippen LogP contribution in [0.4, 0.5) is 0 Å². The van der Waals surface area contributed by atoms with Crippen molar-refractivity contribution in [3.8, 4) is 0 Å². The van der Waals surface area contributed by atoms with E-state index in [1.54, 1.807) is 0 Å². The summed E-state index contributed by atoms with van der Waals surface area (Å²) in [5, 5.41) is 32.5. The van der Waals surface area contributed by atoms with E-state index in [-0.39, 0.29) is 5.97 Å². The Bertz CT molecular complexity index is 501. The van der Waals surface area contributed by atoms with E-state index in [0.29, 0.717) is 6.61 Å². The summed E-state index contributed by atoms with van der Waals surface area (Å²) in [6.07, 6.45) is 15.6. The molecule has 0 aliphatic rings. The standard InChI is InChI=1S/C21H40O2.C4H6O6/c1-4-21(22)23-19-17-15-13-11-9-7-5-6-8-10-12-14-16-18-20(2)3;5-1(3(7)8)2(6)4(9)10/h4,20H,1,5-19H2,2-3H3;1-2,5-6H,(H,7,8)(H,9,10). The fraction of sp³-hybridized carbons (Fsp3) is 0.800. The molecule has 0 saturated heterocycles. The van der Waals surface area contributed by atoms with Crippen LogP contribution in [0.25, 0.3) is 0 Å². The van der Waals surface area contributed by atoms with E-state index in [0.717, 1.165) is 12.3 Å². The van der Waals surface area contributed by atoms with Crippen LogP contribution < -0.4 is 0 Å². The van der Waals surface area contributed by atoms with Crippen LogP contribution in [0.1, 0.15) is 104 Å². The third-order valence-electron chi connectivity index (χ3n) is 5.14. The quantitative estimate of drug-likeness (QED) is 0.113. The molecule has 0 rings (SSSR count). The lowest BCUT2D eigenvalue weighted by atomic mass is 10.0. The molecule has 0 amide bonds. The van der Waals surface area contributed by atoms with E-state index < -0.39 is 24.1 Å². The van der Waals surface area contributed by atoms with Gasteiger partial charge in [0.15, 0.2) is 12.2 Å². The Kier molecular flexibility index (Phi) is 23.4. The van der Waals surface area contributed by atoms with Crippen LogP contribution in [-0.2, 0) is 19.1 Å². The van der Waals surface area contributed by atoms with Crippen molar-refractivity contribution < 1.29 is 39.5 Å². The van der Waals surface area contributed by atoms with Crippen molar-refractivity contribution in [2.75, 3.05) is 6.61 Å². The minimum atomic E-state index is -2.27. The second-order valence-electron chi connectivity index (χ2n) is 8.72. The number of hydrogen-bond acceptors (Lipinski definition) is 6. The van der Waals surface area contributed by atoms with Crippen molar-refractivity contribution in [1.29, 1.82) is 0 Å². The van der Waals surface area contributed by atoms with Crippen molar-refractivity contribution in [3.63, 3.8) is 0 Å². The lowest BCUT2D eigenvalue weighted by Crippen LogP contribution is -2.39. The highest BCUT2D eigenvalue weighted by atomic mass is 16.5. The third-order valence-corrected chi connectivity index (χ3v) is 5.14. The van der Waals surface area contributed by atoms with E-state index in [2.05, 4.69) is 20.4 Å². The maximum Gasteiger partial charge on any atom is 0.335 e. The number of aliphatic hydroxyl groups excluding tert-OH is 2. The van der Waals surface area contributed by atoms with Crippen molar-refractivity contribution in [3.05, 3.63) is 12.7 Å². The van der Waals surface area contributed by atoms with Crippen LogP contribution in [0.5, 0.6) is 0 Å². The molecule has 0 radical (unpaired) electrons. The molecule has 0 aromatic heterocycles. The Morgan fingerprint density at radius 2 is 1.03 bits per heavy atom. The van der Waals surface area contributed by atoms with Crippen LogP contribution in [0.2, 0.25) is 0 Å². The Hall–Kier alpha value is -1.93. The normalized spacial score (nSPS) is 12.4. The Morgan fingerprint density at radius 3 is 1.33 bits per heavy atom. The summed E-state index contributed by atoms with van der Waals surface area (Å²) < 4.78 is 4.95. The van der Waals surface area contributed by atoms with Gasteiger partial charge in [0.2, 0.25) is 0 Å². The van der Waals surface area contributed by atoms with E-state index in [9.17, 15) is 14.4 Å². The fourth-order valence-corrected chi connectivity index (χ4v) is 3.10. The van der Waals surface area contributed by atoms with Gasteiger partial charge in [0, 0.05) is 6.08 Å². The molecular weight excluding hydrogens is 428 g/mol. The zero-order valence-electron chi connectivity index (χ0n) is 20.5. The molecule has 194 valence electrons. The topological polar surface area (TPSA) is 141 Å². The molecular formula is C25H46O8. The van der Waals surface area contributed by atoms with Gasteiger partial charge in [-0.25, -0.2) is 14.4 Å². The molecule has 0 fully saturated rings. The largest absolute Gasteiger partial charge is 0.479 e. The number of carboxylic acids is 2. The van der Waals surface area contributed by atoms with Crippen LogP contribution in [0.3, 0.4) is 0 Å². The minimum absolute atomic E-state index is 0.301. The predicted molar refractivity (Wildman–Crippen MR) is 128 cm³/mol. The number of esters is 1. The molecule has 8 heteroatoms. The van der Waals surface area contributed by atoms with Gasteiger partial charge in [0.05, 0.1) is 6.61 Å². The highest BCUT2D eigenvalue weighted by Gasteiger charge is 2.29. The summed E-state index contributed by atoms with van der Waals surface area (Å²) in [7, 11) is 0. The summed E-state index contributed by atoms with van der Waals surface area (Å²) in [6.45, 7) is 8.56. The van der Waals surface area contributed by atoms with E-state index in [4.69, 9.17) is 25.2 Å². The summed E-state index contributed by atoms with van der Waals surface area (Å²) in [5.41, 5.74) is 0. The average molecular weight is 475 g/mol. The number of aliphatic hydroxyl groups is 2. The lowest BCUT2D eigenvalue weighted by molar-refractivity contribution is -0.165. The van der Waals surface area contributed by atoms with Crippen molar-refractivity contribution in [2.24, 2.45) is 5.92 Å². The zero-order chi connectivity index (χ0) is 25.5. The van der Waals surface area contributed by atoms with Gasteiger partial charge in [-0.05, 0) is 12.3 Å². The second kappa shape index (κ2) is 23.2. The molecule has 0 aromatic carbocycles. The van der Waals surface area contributed by atoms with Gasteiger partial charge in [0.25, 0.3) is 0 Å². The lowest BCUT2D eigenvalue weighted by Gasteiger charge is -2.07. The molecule has 0 aliphatic carbocycles. The first-order valence-corrected chi connectivity index (χ1v) is 12.2. The molecule has 0 spiro atoms. The Balaban J connectivity index is 0. The van der Waals surface area contributed by atoms with Gasteiger partial charge in [-0.1, -0.05) is 104 Å². The van der Waals surface area contributed by atoms with Crippen molar-refractivity contribution in [2.45, 2.75) is 116 Å². The minimum Gasteiger partial charge on any atom is -0.479 e. The van der Waals surface area contributed by atoms with Crippen molar-refractivity contribution in [1.82, 2.24) is 0 Å². The second-order valence-corrected chi connectivity index (χ2v) is 8.72. The number of carbonyl (C=O) groups excluding carboxylic acids is 1. The number of unbranched alkanes of at least 4 members (excludes halogenated alkanes) is 12. The van der Waals surface area contributed by atoms with Gasteiger partial charge < -0.3 is 25.2 Å². The summed E-state index contributed by atoms with van der Waals surface area (Å²) >= 11 is 0. The van der Waals surface area contributed by atoms with Crippen LogP contribution in [-0.4, -0.2) is 57.1 Å². The predicted octanol–water partition coefficient (Wildman–Crippen LogP) is 4.71. The number of carbonyl (C=O) groups is 3. The van der Waals surface area contributed by atoms with Gasteiger partial charge in [-0.3, -0.25) is 0 Å². The Labute approximate surface area is 199 Å². The van der Waals surface area contributed by atoms with E-state index in [1.807, 2.05) is 0 Å². The number of hydrogen-bond donors (Lipinski definition) is 4. The van der Waals surface area contributed by atoms with Crippen LogP contribution in [0.15, 0.2) is 12.7 Å². The van der Waals surface area contributed by atoms with Crippen LogP contribution in [0, 0.1) is 5.92 Å². The van der Waals surface area contributed by atoms with E-state index >= 15 is 0 Å². The van der Waals surface area contributed by atoms with Gasteiger partial charge in [-0.15, -0.1) is 0 Å². The first-order chi connectivity index (χ1) is 15.6. The Morgan fingerprint density at radius 1 is 0.697 bits per heavy atom. The van der Waals surface area contributed by atoms with Gasteiger partial charge in [-0.2, -0.15) is 0 Å². The SMILES string of the molecule is C=CC(=O)OCCCCCCCCCCCCCCCC(C)C.O=C(O)C(O)C(O)C(=O)O. The first-order valence-electron chi connectivity index (χ1n) is 12.2. The molecule has 0 aromatic rings. The number of aliphatic carboxylic acids is 2. The summed E-state index contributed by atoms with van der Waals surface area (Å²) in [4.78, 5) is 30.4. The van der Waals surface area contributed by atoms with Crippen molar-refractivity contribution >= 4 is 17.9 Å². The molecule has 33 heavy (non-hydrogen) atoms. The van der Waals surface area contributed by atoms with Gasteiger partial charge >= 0.3 is 17.9 Å². The third kappa shape index (κ3) is 24.5. The zero-order valence-corrected chi connectivity index (χ0v) is 20.5. The maximum absolute atomic E-state index is 10.8. The van der Waals surface area contributed by atoms with Gasteiger partial charge in [0.1, 0.15) is 0 Å². The molecule has 0 saturated carbocycles. The molecule has 2 unspecified atom stereocenters. The molecule has 0 bridgehead atoms. The summed E-state index contributed by atoms with van der Waals surface area (Å²) in [5.74, 6) is -2.97. The number of ether oxygens (including phenoxy) is 1. The fourth-order valence-electron chi connectivity index (χ4n) is 3.10. The average Bonchev–Trinajstić information content (AvgIpc) is 2.77. The molecule has 8 nitrogen and oxygen atoms in total.